The van der Waals surface area contributed by atoms with Crippen molar-refractivity contribution in [3.8, 4) is 0 Å². The molecule has 5 nitrogen and oxygen atoms in total. The molecule has 2 rings (SSSR count). The fraction of sp³-hybridized carbons (Fsp3) is 0.200. The van der Waals surface area contributed by atoms with E-state index >= 15 is 0 Å². The summed E-state index contributed by atoms with van der Waals surface area (Å²) in [6.45, 7) is 0.00840. The maximum absolute atomic E-state index is 12.1. The number of benzene rings is 1. The molecular weight excluding hydrogens is 258 g/mol. The Hall–Kier alpha value is -2.40. The van der Waals surface area contributed by atoms with Gasteiger partial charge in [0.2, 0.25) is 0 Å². The number of ketones is 1. The van der Waals surface area contributed by atoms with Gasteiger partial charge in [0.25, 0.3) is 0 Å². The van der Waals surface area contributed by atoms with Gasteiger partial charge in [0, 0.05) is 11.8 Å². The predicted octanol–water partition coefficient (Wildman–Crippen LogP) is 1.65. The summed E-state index contributed by atoms with van der Waals surface area (Å²) >= 11 is 0. The number of nitrogens with zero attached hydrogens (tertiary/aromatic N) is 1. The van der Waals surface area contributed by atoms with Crippen LogP contribution in [0.1, 0.15) is 26.4 Å². The summed E-state index contributed by atoms with van der Waals surface area (Å²) < 4.78 is 6.20. The van der Waals surface area contributed by atoms with Crippen molar-refractivity contribution < 1.29 is 19.4 Å². The largest absolute Gasteiger partial charge is 0.464 e. The number of aromatic nitrogens is 1. The van der Waals surface area contributed by atoms with Crippen molar-refractivity contribution in [1.82, 2.24) is 4.57 Å². The van der Waals surface area contributed by atoms with Crippen LogP contribution in [0.25, 0.3) is 0 Å². The van der Waals surface area contributed by atoms with Crippen LogP contribution < -0.4 is 0 Å². The molecule has 1 aromatic heterocycles. The monoisotopic (exact) mass is 273 g/mol. The topological polar surface area (TPSA) is 68.5 Å². The molecule has 1 N–H and O–H groups in total. The minimum atomic E-state index is -0.474. The minimum absolute atomic E-state index is 0.0570. The van der Waals surface area contributed by atoms with Crippen LogP contribution in [0.5, 0.6) is 0 Å². The molecule has 0 atom stereocenters. The summed E-state index contributed by atoms with van der Waals surface area (Å²) in [7, 11) is 1.30. The number of aliphatic hydroxyl groups excluding tert-OH is 1. The van der Waals surface area contributed by atoms with Crippen LogP contribution in [0.2, 0.25) is 0 Å². The van der Waals surface area contributed by atoms with E-state index in [0.29, 0.717) is 11.3 Å². The van der Waals surface area contributed by atoms with Crippen LogP contribution in [-0.2, 0) is 17.9 Å². The fourth-order valence-corrected chi connectivity index (χ4v) is 1.88. The molecule has 2 aromatic rings. The van der Waals surface area contributed by atoms with E-state index in [1.165, 1.54) is 7.11 Å². The predicted molar refractivity (Wildman–Crippen MR) is 72.5 cm³/mol. The van der Waals surface area contributed by atoms with E-state index < -0.39 is 5.97 Å². The van der Waals surface area contributed by atoms with Gasteiger partial charge in [-0.1, -0.05) is 24.3 Å². The molecule has 0 saturated carbocycles. The van der Waals surface area contributed by atoms with Crippen LogP contribution in [0.3, 0.4) is 0 Å². The quantitative estimate of drug-likeness (QED) is 0.664. The Balaban J connectivity index is 2.15. The molecule has 0 amide bonds. The molecule has 0 spiro atoms. The number of esters is 1. The summed E-state index contributed by atoms with van der Waals surface area (Å²) in [5.74, 6) is -0.589. The Morgan fingerprint density at radius 2 is 1.90 bits per heavy atom. The highest BCUT2D eigenvalue weighted by atomic mass is 16.5. The lowest BCUT2D eigenvalue weighted by Gasteiger charge is -2.07. The third-order valence-electron chi connectivity index (χ3n) is 3.00. The zero-order valence-electron chi connectivity index (χ0n) is 11.1. The molecule has 20 heavy (non-hydrogen) atoms. The lowest BCUT2D eigenvalue weighted by molar-refractivity contribution is 0.0588. The summed E-state index contributed by atoms with van der Waals surface area (Å²) in [5.41, 5.74) is 1.62. The molecule has 1 heterocycles. The number of carbonyl (C=O) groups excluding carboxylic acids is 2. The Kier molecular flexibility index (Phi) is 4.32. The number of aliphatic hydroxyl groups is 1. The molecule has 104 valence electrons. The van der Waals surface area contributed by atoms with Crippen LogP contribution in [0.15, 0.2) is 42.6 Å². The first-order valence-electron chi connectivity index (χ1n) is 6.12. The second-order valence-corrected chi connectivity index (χ2v) is 4.29. The van der Waals surface area contributed by atoms with E-state index in [1.807, 2.05) is 0 Å². The molecule has 0 aliphatic rings. The van der Waals surface area contributed by atoms with Gasteiger partial charge in [-0.25, -0.2) is 4.79 Å². The molecule has 0 saturated heterocycles. The number of carbonyl (C=O) groups is 2. The van der Waals surface area contributed by atoms with Crippen LogP contribution in [0, 0.1) is 0 Å². The smallest absolute Gasteiger partial charge is 0.354 e. The molecule has 0 fully saturated rings. The first kappa shape index (κ1) is 14.0. The summed E-state index contributed by atoms with van der Waals surface area (Å²) in [4.78, 5) is 23.7. The summed E-state index contributed by atoms with van der Waals surface area (Å²) in [5, 5.41) is 8.96. The van der Waals surface area contributed by atoms with Gasteiger partial charge in [-0.05, 0) is 17.7 Å². The second kappa shape index (κ2) is 6.16. The van der Waals surface area contributed by atoms with Gasteiger partial charge in [0.1, 0.15) is 5.69 Å². The first-order chi connectivity index (χ1) is 9.65. The number of Topliss-reactive ketones (excluding diaryl/α,β-unsaturated/α-hetero) is 1. The molecule has 0 aliphatic carbocycles. The molecule has 0 unspecified atom stereocenters. The average Bonchev–Trinajstić information content (AvgIpc) is 2.94. The Bertz CT molecular complexity index is 613. The third-order valence-corrected chi connectivity index (χ3v) is 3.00. The lowest BCUT2D eigenvalue weighted by Crippen LogP contribution is -2.15. The normalized spacial score (nSPS) is 10.3. The number of methoxy groups -OCH3 is 1. The Morgan fingerprint density at radius 1 is 1.20 bits per heavy atom. The molecule has 0 bridgehead atoms. The van der Waals surface area contributed by atoms with E-state index in [2.05, 4.69) is 4.74 Å². The number of ether oxygens (including phenoxy) is 1. The van der Waals surface area contributed by atoms with Crippen molar-refractivity contribution >= 4 is 11.8 Å². The van der Waals surface area contributed by atoms with Gasteiger partial charge in [-0.2, -0.15) is 0 Å². The number of hydrogen-bond acceptors (Lipinski definition) is 4. The Labute approximate surface area is 116 Å². The molecule has 1 aromatic carbocycles. The first-order valence-corrected chi connectivity index (χ1v) is 6.12. The standard InChI is InChI=1S/C15H15NO4/c1-20-15(19)13-3-2-8-16(13)9-14(18)12-6-4-11(10-17)5-7-12/h2-8,17H,9-10H2,1H3. The van der Waals surface area contributed by atoms with Crippen LogP contribution in [0.4, 0.5) is 0 Å². The van der Waals surface area contributed by atoms with Crippen molar-refractivity contribution in [2.75, 3.05) is 7.11 Å². The van der Waals surface area contributed by atoms with E-state index in [9.17, 15) is 9.59 Å². The minimum Gasteiger partial charge on any atom is -0.464 e. The maximum Gasteiger partial charge on any atom is 0.354 e. The van der Waals surface area contributed by atoms with E-state index in [1.54, 1.807) is 47.2 Å². The highest BCUT2D eigenvalue weighted by Gasteiger charge is 2.14. The van der Waals surface area contributed by atoms with E-state index in [-0.39, 0.29) is 18.9 Å². The van der Waals surface area contributed by atoms with E-state index in [0.717, 1.165) is 5.56 Å². The third kappa shape index (κ3) is 2.95. The SMILES string of the molecule is COC(=O)c1cccn1CC(=O)c1ccc(CO)cc1. The highest BCUT2D eigenvalue weighted by Crippen LogP contribution is 2.09. The van der Waals surface area contributed by atoms with Gasteiger partial charge in [-0.3, -0.25) is 4.79 Å². The van der Waals surface area contributed by atoms with Crippen LogP contribution in [-0.4, -0.2) is 28.5 Å². The lowest BCUT2D eigenvalue weighted by atomic mass is 10.1. The van der Waals surface area contributed by atoms with Crippen molar-refractivity contribution in [2.45, 2.75) is 13.2 Å². The Morgan fingerprint density at radius 3 is 2.50 bits per heavy atom. The van der Waals surface area contributed by atoms with Gasteiger partial charge < -0.3 is 14.4 Å². The second-order valence-electron chi connectivity index (χ2n) is 4.29. The van der Waals surface area contributed by atoms with Gasteiger partial charge >= 0.3 is 5.97 Å². The van der Waals surface area contributed by atoms with Gasteiger partial charge in [0.15, 0.2) is 5.78 Å². The van der Waals surface area contributed by atoms with Crippen LogP contribution >= 0.6 is 0 Å². The van der Waals surface area contributed by atoms with Gasteiger partial charge in [0.05, 0.1) is 20.3 Å². The highest BCUT2D eigenvalue weighted by molar-refractivity contribution is 5.96. The van der Waals surface area contributed by atoms with Crippen molar-refractivity contribution in [2.24, 2.45) is 0 Å². The maximum atomic E-state index is 12.1. The fourth-order valence-electron chi connectivity index (χ4n) is 1.88. The zero-order valence-corrected chi connectivity index (χ0v) is 11.1. The van der Waals surface area contributed by atoms with Crippen molar-refractivity contribution in [1.29, 1.82) is 0 Å². The number of rotatable bonds is 5. The van der Waals surface area contributed by atoms with Gasteiger partial charge in [-0.15, -0.1) is 0 Å². The molecule has 5 heteroatoms. The number of hydrogen-bond donors (Lipinski definition) is 1. The molecular formula is C15H15NO4. The average molecular weight is 273 g/mol. The zero-order chi connectivity index (χ0) is 14.5. The summed E-state index contributed by atoms with van der Waals surface area (Å²) in [6, 6.07) is 10.0. The van der Waals surface area contributed by atoms with Crippen molar-refractivity contribution in [3.63, 3.8) is 0 Å². The molecule has 0 aliphatic heterocycles. The van der Waals surface area contributed by atoms with Crippen molar-refractivity contribution in [3.05, 3.63) is 59.4 Å². The molecule has 0 radical (unpaired) electrons. The van der Waals surface area contributed by atoms with E-state index in [4.69, 9.17) is 5.11 Å². The summed E-state index contributed by atoms with van der Waals surface area (Å²) in [6.07, 6.45) is 1.66.